The minimum atomic E-state index is 0.0534. The molecule has 26 heavy (non-hydrogen) atoms. The van der Waals surface area contributed by atoms with E-state index in [1.54, 1.807) is 11.3 Å². The molecule has 0 saturated carbocycles. The molecule has 1 fully saturated rings. The van der Waals surface area contributed by atoms with Crippen molar-refractivity contribution in [2.45, 2.75) is 64.3 Å². The Morgan fingerprint density at radius 2 is 2.04 bits per heavy atom. The molecule has 0 aliphatic carbocycles. The van der Waals surface area contributed by atoms with Crippen molar-refractivity contribution in [1.82, 2.24) is 29.4 Å². The predicted octanol–water partition coefficient (Wildman–Crippen LogP) is 3.01. The minimum absolute atomic E-state index is 0.0534. The Morgan fingerprint density at radius 1 is 1.15 bits per heavy atom. The number of fused-ring (bicyclic) bond motifs is 2. The summed E-state index contributed by atoms with van der Waals surface area (Å²) in [6.45, 7) is 9.67. The topological polar surface area (TPSA) is 64.1 Å². The lowest BCUT2D eigenvalue weighted by Gasteiger charge is -2.31. The van der Waals surface area contributed by atoms with E-state index in [1.807, 2.05) is 4.52 Å². The van der Waals surface area contributed by atoms with Gasteiger partial charge in [0.25, 0.3) is 0 Å². The highest BCUT2D eigenvalue weighted by Gasteiger charge is 2.30. The molecule has 138 valence electrons. The number of aryl methyl sites for hydroxylation is 1. The molecule has 3 aromatic heterocycles. The minimum Gasteiger partial charge on any atom is -0.346 e. The summed E-state index contributed by atoms with van der Waals surface area (Å²) in [7, 11) is 0. The fourth-order valence-electron chi connectivity index (χ4n) is 4.02. The molecular formula is C18H25N7S. The number of imidazole rings is 1. The molecular weight excluding hydrogens is 346 g/mol. The maximum atomic E-state index is 4.81. The van der Waals surface area contributed by atoms with Gasteiger partial charge in [0, 0.05) is 37.4 Å². The average Bonchev–Trinajstić information content (AvgIpc) is 3.33. The van der Waals surface area contributed by atoms with Crippen LogP contribution < -0.4 is 4.90 Å². The first kappa shape index (κ1) is 16.2. The van der Waals surface area contributed by atoms with Crippen molar-refractivity contribution >= 4 is 21.4 Å². The van der Waals surface area contributed by atoms with Gasteiger partial charge in [-0.05, 0) is 19.3 Å². The van der Waals surface area contributed by atoms with Crippen molar-refractivity contribution in [3.8, 4) is 0 Å². The fraction of sp³-hybridized carbons (Fsp3) is 0.667. The van der Waals surface area contributed by atoms with Crippen LogP contribution >= 0.6 is 11.3 Å². The van der Waals surface area contributed by atoms with Crippen molar-refractivity contribution in [3.63, 3.8) is 0 Å². The zero-order valence-corrected chi connectivity index (χ0v) is 16.5. The van der Waals surface area contributed by atoms with Gasteiger partial charge in [0.2, 0.25) is 10.1 Å². The Balaban J connectivity index is 1.39. The lowest BCUT2D eigenvalue weighted by atomic mass is 9.93. The second kappa shape index (κ2) is 5.77. The van der Waals surface area contributed by atoms with E-state index in [-0.39, 0.29) is 5.41 Å². The van der Waals surface area contributed by atoms with Gasteiger partial charge < -0.3 is 9.47 Å². The van der Waals surface area contributed by atoms with Crippen LogP contribution in [0.5, 0.6) is 0 Å². The molecule has 3 aromatic rings. The predicted molar refractivity (Wildman–Crippen MR) is 102 cm³/mol. The quantitative estimate of drug-likeness (QED) is 0.693. The van der Waals surface area contributed by atoms with E-state index in [9.17, 15) is 0 Å². The third kappa shape index (κ3) is 2.62. The van der Waals surface area contributed by atoms with Gasteiger partial charge in [-0.3, -0.25) is 0 Å². The van der Waals surface area contributed by atoms with Gasteiger partial charge in [-0.2, -0.15) is 0 Å². The van der Waals surface area contributed by atoms with Gasteiger partial charge in [0.15, 0.2) is 0 Å². The highest BCUT2D eigenvalue weighted by atomic mass is 32.1. The van der Waals surface area contributed by atoms with Crippen molar-refractivity contribution in [2.75, 3.05) is 18.0 Å². The maximum Gasteiger partial charge on any atom is 0.214 e. The van der Waals surface area contributed by atoms with Crippen LogP contribution in [0.15, 0.2) is 6.20 Å². The zero-order valence-electron chi connectivity index (χ0n) is 15.6. The summed E-state index contributed by atoms with van der Waals surface area (Å²) in [5.41, 5.74) is 1.15. The standard InChI is InChI=1S/C18H25N7S/c1-18(2,3)13-11-25-16(19-13)26-17(22-25)23-8-4-6-12(10-23)15-21-20-14-7-5-9-24(14)15/h11-12H,4-10H2,1-3H3. The van der Waals surface area contributed by atoms with E-state index in [1.165, 1.54) is 30.9 Å². The molecule has 1 atom stereocenters. The molecule has 2 aliphatic heterocycles. The molecule has 0 bridgehead atoms. The summed E-state index contributed by atoms with van der Waals surface area (Å²) >= 11 is 1.69. The highest BCUT2D eigenvalue weighted by molar-refractivity contribution is 7.20. The zero-order chi connectivity index (χ0) is 17.9. The summed E-state index contributed by atoms with van der Waals surface area (Å²) in [5.74, 6) is 2.79. The number of nitrogens with zero attached hydrogens (tertiary/aromatic N) is 7. The van der Waals surface area contributed by atoms with Crippen LogP contribution in [-0.4, -0.2) is 42.5 Å². The van der Waals surface area contributed by atoms with Crippen LogP contribution in [0.1, 0.15) is 63.3 Å². The number of aromatic nitrogens is 6. The van der Waals surface area contributed by atoms with Crippen molar-refractivity contribution in [2.24, 2.45) is 0 Å². The third-order valence-corrected chi connectivity index (χ3v) is 6.48. The first-order chi connectivity index (χ1) is 12.5. The van der Waals surface area contributed by atoms with Crippen LogP contribution in [0.3, 0.4) is 0 Å². The van der Waals surface area contributed by atoms with Gasteiger partial charge in [0.05, 0.1) is 11.9 Å². The average molecular weight is 372 g/mol. The Labute approximate surface area is 157 Å². The first-order valence-electron chi connectivity index (χ1n) is 9.52. The summed E-state index contributed by atoms with van der Waals surface area (Å²) in [6.07, 6.45) is 6.70. The number of hydrogen-bond donors (Lipinski definition) is 0. The Kier molecular flexibility index (Phi) is 3.60. The second-order valence-electron chi connectivity index (χ2n) is 8.50. The fourth-order valence-corrected chi connectivity index (χ4v) is 4.93. The first-order valence-corrected chi connectivity index (χ1v) is 10.3. The molecule has 0 amide bonds. The monoisotopic (exact) mass is 371 g/mol. The molecule has 0 radical (unpaired) electrons. The number of anilines is 1. The molecule has 2 aliphatic rings. The molecule has 0 aromatic carbocycles. The van der Waals surface area contributed by atoms with Crippen LogP contribution in [0.4, 0.5) is 5.13 Å². The van der Waals surface area contributed by atoms with E-state index in [0.29, 0.717) is 5.92 Å². The maximum absolute atomic E-state index is 4.81. The largest absolute Gasteiger partial charge is 0.346 e. The number of rotatable bonds is 2. The Morgan fingerprint density at radius 3 is 2.85 bits per heavy atom. The SMILES string of the molecule is CC(C)(C)c1cn2nc(N3CCCC(c4nnc5n4CCC5)C3)sc2n1. The van der Waals surface area contributed by atoms with Gasteiger partial charge in [-0.25, -0.2) is 9.50 Å². The molecule has 0 spiro atoms. The lowest BCUT2D eigenvalue weighted by molar-refractivity contribution is 0.472. The van der Waals surface area contributed by atoms with E-state index in [2.05, 4.69) is 46.6 Å². The number of piperidine rings is 1. The van der Waals surface area contributed by atoms with E-state index < -0.39 is 0 Å². The van der Waals surface area contributed by atoms with E-state index in [4.69, 9.17) is 10.1 Å². The van der Waals surface area contributed by atoms with Crippen molar-refractivity contribution in [3.05, 3.63) is 23.5 Å². The van der Waals surface area contributed by atoms with Gasteiger partial charge in [0.1, 0.15) is 11.6 Å². The van der Waals surface area contributed by atoms with Crippen LogP contribution in [0, 0.1) is 0 Å². The van der Waals surface area contributed by atoms with Crippen molar-refractivity contribution in [1.29, 1.82) is 0 Å². The molecule has 7 nitrogen and oxygen atoms in total. The van der Waals surface area contributed by atoms with Crippen LogP contribution in [0.2, 0.25) is 0 Å². The van der Waals surface area contributed by atoms with E-state index >= 15 is 0 Å². The summed E-state index contributed by atoms with van der Waals surface area (Å²) in [5, 5.41) is 14.8. The molecule has 1 unspecified atom stereocenters. The highest BCUT2D eigenvalue weighted by Crippen LogP contribution is 2.33. The molecule has 5 heterocycles. The molecule has 1 saturated heterocycles. The lowest BCUT2D eigenvalue weighted by Crippen LogP contribution is -2.35. The summed E-state index contributed by atoms with van der Waals surface area (Å²) < 4.78 is 4.29. The Hall–Kier alpha value is -1.96. The van der Waals surface area contributed by atoms with E-state index in [0.717, 1.165) is 41.8 Å². The molecule has 8 heteroatoms. The second-order valence-corrected chi connectivity index (χ2v) is 9.44. The smallest absolute Gasteiger partial charge is 0.214 e. The molecule has 5 rings (SSSR count). The third-order valence-electron chi connectivity index (χ3n) is 5.50. The van der Waals surface area contributed by atoms with Gasteiger partial charge in [-0.15, -0.1) is 15.3 Å². The molecule has 0 N–H and O–H groups in total. The van der Waals surface area contributed by atoms with Gasteiger partial charge >= 0.3 is 0 Å². The van der Waals surface area contributed by atoms with Gasteiger partial charge in [-0.1, -0.05) is 32.1 Å². The normalized spacial score (nSPS) is 20.9. The van der Waals surface area contributed by atoms with Crippen LogP contribution in [0.25, 0.3) is 4.96 Å². The Bertz CT molecular complexity index is 913. The van der Waals surface area contributed by atoms with Crippen molar-refractivity contribution < 1.29 is 0 Å². The summed E-state index contributed by atoms with van der Waals surface area (Å²) in [6, 6.07) is 0. The number of hydrogen-bond acceptors (Lipinski definition) is 6. The summed E-state index contributed by atoms with van der Waals surface area (Å²) in [4.78, 5) is 8.17. The van der Waals surface area contributed by atoms with Crippen LogP contribution in [-0.2, 0) is 18.4 Å².